The first kappa shape index (κ1) is 19.2. The highest BCUT2D eigenvalue weighted by molar-refractivity contribution is 5.93. The Morgan fingerprint density at radius 2 is 1.58 bits per heavy atom. The van der Waals surface area contributed by atoms with Crippen molar-refractivity contribution in [2.24, 2.45) is 5.92 Å². The highest BCUT2D eigenvalue weighted by atomic mass is 16.5. The molecule has 0 bridgehead atoms. The number of hydrogen-bond acceptors (Lipinski definition) is 3. The molecular weight excluding hydrogens is 330 g/mol. The van der Waals surface area contributed by atoms with Gasteiger partial charge in [0.05, 0.1) is 6.04 Å². The fourth-order valence-electron chi connectivity index (χ4n) is 2.57. The molecule has 4 N–H and O–H groups in total. The summed E-state index contributed by atoms with van der Waals surface area (Å²) in [4.78, 5) is 23.8. The Morgan fingerprint density at radius 1 is 0.962 bits per heavy atom. The second kappa shape index (κ2) is 8.82. The highest BCUT2D eigenvalue weighted by Crippen LogP contribution is 2.22. The van der Waals surface area contributed by atoms with Gasteiger partial charge in [-0.2, -0.15) is 0 Å². The molecular formula is C20H23N3O3. The van der Waals surface area contributed by atoms with Crippen molar-refractivity contribution in [3.63, 3.8) is 0 Å². The molecule has 0 saturated carbocycles. The van der Waals surface area contributed by atoms with Crippen LogP contribution in [-0.2, 0) is 0 Å². The zero-order valence-corrected chi connectivity index (χ0v) is 14.8. The average molecular weight is 353 g/mol. The second-order valence-corrected chi connectivity index (χ2v) is 6.23. The van der Waals surface area contributed by atoms with Crippen molar-refractivity contribution in [2.45, 2.75) is 19.9 Å². The third-order valence-electron chi connectivity index (χ3n) is 3.97. The lowest BCUT2D eigenvalue weighted by Gasteiger charge is -2.23. The van der Waals surface area contributed by atoms with Crippen LogP contribution in [0.1, 0.15) is 41.4 Å². The van der Waals surface area contributed by atoms with Crippen LogP contribution in [0.4, 0.5) is 4.79 Å². The van der Waals surface area contributed by atoms with E-state index in [4.69, 9.17) is 5.21 Å². The van der Waals surface area contributed by atoms with Gasteiger partial charge in [0, 0.05) is 11.3 Å². The molecule has 0 fully saturated rings. The average Bonchev–Trinajstić information content (AvgIpc) is 2.66. The van der Waals surface area contributed by atoms with Crippen LogP contribution >= 0.6 is 0 Å². The number of nitrogens with one attached hydrogen (secondary N) is 3. The van der Waals surface area contributed by atoms with Crippen molar-refractivity contribution in [1.82, 2.24) is 16.1 Å². The first-order valence-corrected chi connectivity index (χ1v) is 8.28. The molecule has 6 heteroatoms. The SMILES string of the molecule is C=C(NC(=O)N[C@@H](c1ccc(C(=O)NO)cc1)C(C)C)c1ccccc1. The van der Waals surface area contributed by atoms with Gasteiger partial charge >= 0.3 is 6.03 Å². The van der Waals surface area contributed by atoms with Gasteiger partial charge in [-0.05, 0) is 29.2 Å². The Balaban J connectivity index is 2.06. The standard InChI is InChI=1S/C20H23N3O3/c1-13(2)18(16-9-11-17(12-10-16)19(24)23-26)22-20(25)21-14(3)15-7-5-4-6-8-15/h4-13,18,26H,3H2,1-2H3,(H,23,24)(H2,21,22,25)/t18-/m1/s1. The van der Waals surface area contributed by atoms with Gasteiger partial charge in [0.2, 0.25) is 0 Å². The molecule has 0 unspecified atom stereocenters. The molecule has 0 spiro atoms. The highest BCUT2D eigenvalue weighted by Gasteiger charge is 2.19. The van der Waals surface area contributed by atoms with E-state index in [1.54, 1.807) is 29.7 Å². The number of carbonyl (C=O) groups is 2. The molecule has 2 aromatic rings. The van der Waals surface area contributed by atoms with E-state index >= 15 is 0 Å². The van der Waals surface area contributed by atoms with E-state index in [-0.39, 0.29) is 18.0 Å². The summed E-state index contributed by atoms with van der Waals surface area (Å²) >= 11 is 0. The summed E-state index contributed by atoms with van der Waals surface area (Å²) < 4.78 is 0. The summed E-state index contributed by atoms with van der Waals surface area (Å²) in [6.07, 6.45) is 0. The molecule has 3 amide bonds. The van der Waals surface area contributed by atoms with Crippen molar-refractivity contribution >= 4 is 17.6 Å². The van der Waals surface area contributed by atoms with Crippen LogP contribution in [-0.4, -0.2) is 17.1 Å². The van der Waals surface area contributed by atoms with E-state index in [2.05, 4.69) is 17.2 Å². The predicted molar refractivity (Wildman–Crippen MR) is 100 cm³/mol. The van der Waals surface area contributed by atoms with Crippen LogP contribution < -0.4 is 16.1 Å². The lowest BCUT2D eigenvalue weighted by molar-refractivity contribution is 0.0706. The van der Waals surface area contributed by atoms with Crippen molar-refractivity contribution < 1.29 is 14.8 Å². The van der Waals surface area contributed by atoms with Crippen LogP contribution in [0.25, 0.3) is 5.70 Å². The summed E-state index contributed by atoms with van der Waals surface area (Å²) in [5.74, 6) is -0.453. The maximum absolute atomic E-state index is 12.4. The third-order valence-corrected chi connectivity index (χ3v) is 3.97. The van der Waals surface area contributed by atoms with Gasteiger partial charge < -0.3 is 10.6 Å². The van der Waals surface area contributed by atoms with Crippen molar-refractivity contribution in [1.29, 1.82) is 0 Å². The van der Waals surface area contributed by atoms with E-state index in [0.717, 1.165) is 11.1 Å². The first-order valence-electron chi connectivity index (χ1n) is 8.28. The molecule has 2 rings (SSSR count). The van der Waals surface area contributed by atoms with Gasteiger partial charge in [0.1, 0.15) is 0 Å². The number of amides is 3. The van der Waals surface area contributed by atoms with E-state index in [1.807, 2.05) is 44.2 Å². The van der Waals surface area contributed by atoms with Gasteiger partial charge in [0.15, 0.2) is 0 Å². The van der Waals surface area contributed by atoms with Crippen LogP contribution in [0.2, 0.25) is 0 Å². The summed E-state index contributed by atoms with van der Waals surface area (Å²) in [5, 5.41) is 14.4. The van der Waals surface area contributed by atoms with Crippen LogP contribution in [0.15, 0.2) is 61.2 Å². The number of hydrogen-bond donors (Lipinski definition) is 4. The summed E-state index contributed by atoms with van der Waals surface area (Å²) in [5.41, 5.74) is 4.13. The van der Waals surface area contributed by atoms with Gasteiger partial charge in [0.25, 0.3) is 5.91 Å². The molecule has 6 nitrogen and oxygen atoms in total. The molecule has 0 aromatic heterocycles. The maximum atomic E-state index is 12.4. The molecule has 136 valence electrons. The first-order chi connectivity index (χ1) is 12.4. The monoisotopic (exact) mass is 353 g/mol. The van der Waals surface area contributed by atoms with Crippen LogP contribution in [0.5, 0.6) is 0 Å². The molecule has 2 aromatic carbocycles. The minimum absolute atomic E-state index is 0.128. The Kier molecular flexibility index (Phi) is 6.52. The largest absolute Gasteiger partial charge is 0.331 e. The van der Waals surface area contributed by atoms with E-state index < -0.39 is 5.91 Å². The normalized spacial score (nSPS) is 11.5. The Hall–Kier alpha value is -3.12. The smallest absolute Gasteiger partial charge is 0.319 e. The Morgan fingerprint density at radius 3 is 2.12 bits per heavy atom. The predicted octanol–water partition coefficient (Wildman–Crippen LogP) is 3.47. The maximum Gasteiger partial charge on any atom is 0.319 e. The number of carbonyl (C=O) groups excluding carboxylic acids is 2. The molecule has 0 radical (unpaired) electrons. The number of hydroxylamine groups is 1. The fourth-order valence-corrected chi connectivity index (χ4v) is 2.57. The van der Waals surface area contributed by atoms with Crippen molar-refractivity contribution in [3.8, 4) is 0 Å². The van der Waals surface area contributed by atoms with Crippen molar-refractivity contribution in [2.75, 3.05) is 0 Å². The number of benzene rings is 2. The molecule has 0 saturated heterocycles. The van der Waals surface area contributed by atoms with Gasteiger partial charge in [-0.1, -0.05) is 62.9 Å². The van der Waals surface area contributed by atoms with Gasteiger partial charge in [-0.25, -0.2) is 10.3 Å². The minimum Gasteiger partial charge on any atom is -0.331 e. The minimum atomic E-state index is -0.581. The van der Waals surface area contributed by atoms with E-state index in [9.17, 15) is 9.59 Å². The van der Waals surface area contributed by atoms with Gasteiger partial charge in [-0.15, -0.1) is 0 Å². The molecule has 0 aliphatic rings. The zero-order chi connectivity index (χ0) is 19.1. The van der Waals surface area contributed by atoms with Crippen LogP contribution in [0.3, 0.4) is 0 Å². The quantitative estimate of drug-likeness (QED) is 0.473. The zero-order valence-electron chi connectivity index (χ0n) is 14.8. The molecule has 0 heterocycles. The molecule has 1 atom stereocenters. The lowest BCUT2D eigenvalue weighted by atomic mass is 9.95. The van der Waals surface area contributed by atoms with E-state index in [0.29, 0.717) is 11.3 Å². The fraction of sp³-hybridized carbons (Fsp3) is 0.200. The third kappa shape index (κ3) is 4.94. The summed E-state index contributed by atoms with van der Waals surface area (Å²) in [6, 6.07) is 15.5. The number of rotatable bonds is 6. The van der Waals surface area contributed by atoms with E-state index in [1.165, 1.54) is 0 Å². The lowest BCUT2D eigenvalue weighted by Crippen LogP contribution is -2.38. The van der Waals surface area contributed by atoms with Gasteiger partial charge in [-0.3, -0.25) is 10.0 Å². The summed E-state index contributed by atoms with van der Waals surface area (Å²) in [7, 11) is 0. The second-order valence-electron chi connectivity index (χ2n) is 6.23. The van der Waals surface area contributed by atoms with Crippen molar-refractivity contribution in [3.05, 3.63) is 77.9 Å². The van der Waals surface area contributed by atoms with Crippen LogP contribution in [0, 0.1) is 5.92 Å². The molecule has 0 aliphatic heterocycles. The number of urea groups is 1. The molecule has 0 aliphatic carbocycles. The summed E-state index contributed by atoms with van der Waals surface area (Å²) in [6.45, 7) is 7.87. The Bertz CT molecular complexity index is 771. The molecule has 26 heavy (non-hydrogen) atoms. The topological polar surface area (TPSA) is 90.5 Å². The Labute approximate surface area is 152 Å².